The molecule has 0 aromatic rings. The molecule has 1 saturated heterocycles. The molecule has 2 heteroatoms. The van der Waals surface area contributed by atoms with Gasteiger partial charge in [0.05, 0.1) is 0 Å². The van der Waals surface area contributed by atoms with Gasteiger partial charge in [-0.25, -0.2) is 0 Å². The summed E-state index contributed by atoms with van der Waals surface area (Å²) in [5, 5.41) is 1.66. The summed E-state index contributed by atoms with van der Waals surface area (Å²) in [5.41, 5.74) is 0. The Labute approximate surface area is 61.8 Å². The van der Waals surface area contributed by atoms with Crippen LogP contribution >= 0.6 is 11.8 Å². The van der Waals surface area contributed by atoms with Crippen LogP contribution in [0.2, 0.25) is 0 Å². The van der Waals surface area contributed by atoms with Crippen LogP contribution in [0.3, 0.4) is 0 Å². The third-order valence-electron chi connectivity index (χ3n) is 1.60. The van der Waals surface area contributed by atoms with E-state index in [0.717, 1.165) is 10.5 Å². The van der Waals surface area contributed by atoms with Crippen molar-refractivity contribution in [1.82, 2.24) is 4.90 Å². The van der Waals surface area contributed by atoms with Crippen molar-refractivity contribution in [1.29, 1.82) is 0 Å². The predicted molar refractivity (Wildman–Crippen MR) is 44.0 cm³/mol. The first kappa shape index (κ1) is 7.42. The van der Waals surface area contributed by atoms with Gasteiger partial charge in [0.2, 0.25) is 0 Å². The molecular weight excluding hydrogens is 130 g/mol. The van der Waals surface area contributed by atoms with Crippen LogP contribution in [-0.2, 0) is 0 Å². The van der Waals surface area contributed by atoms with E-state index in [0.29, 0.717) is 0 Å². The molecule has 2 unspecified atom stereocenters. The Bertz CT molecular complexity index is 69.9. The highest BCUT2D eigenvalue weighted by molar-refractivity contribution is 8.00. The van der Waals surface area contributed by atoms with E-state index in [9.17, 15) is 0 Å². The molecule has 0 aromatic carbocycles. The van der Waals surface area contributed by atoms with Crippen LogP contribution in [-0.4, -0.2) is 35.5 Å². The van der Waals surface area contributed by atoms with E-state index >= 15 is 0 Å². The Morgan fingerprint density at radius 3 is 2.00 bits per heavy atom. The van der Waals surface area contributed by atoms with Crippen molar-refractivity contribution in [3.05, 3.63) is 0 Å². The minimum Gasteiger partial charge on any atom is -0.304 e. The molecule has 0 spiro atoms. The van der Waals surface area contributed by atoms with Crippen molar-refractivity contribution >= 4 is 11.8 Å². The van der Waals surface area contributed by atoms with Gasteiger partial charge in [0.1, 0.15) is 0 Å². The van der Waals surface area contributed by atoms with Gasteiger partial charge >= 0.3 is 0 Å². The molecule has 1 aliphatic heterocycles. The van der Waals surface area contributed by atoms with Crippen molar-refractivity contribution in [3.8, 4) is 0 Å². The van der Waals surface area contributed by atoms with Crippen molar-refractivity contribution < 1.29 is 0 Å². The van der Waals surface area contributed by atoms with E-state index in [1.807, 2.05) is 0 Å². The monoisotopic (exact) mass is 145 g/mol. The minimum atomic E-state index is 0.832. The molecule has 0 radical (unpaired) electrons. The van der Waals surface area contributed by atoms with Gasteiger partial charge in [0.15, 0.2) is 0 Å². The van der Waals surface area contributed by atoms with Gasteiger partial charge < -0.3 is 4.90 Å². The first-order chi connectivity index (χ1) is 4.18. The zero-order chi connectivity index (χ0) is 6.85. The summed E-state index contributed by atoms with van der Waals surface area (Å²) in [6.07, 6.45) is 0. The van der Waals surface area contributed by atoms with E-state index in [4.69, 9.17) is 0 Å². The van der Waals surface area contributed by atoms with Gasteiger partial charge in [-0.2, -0.15) is 11.8 Å². The van der Waals surface area contributed by atoms with Gasteiger partial charge in [-0.3, -0.25) is 0 Å². The number of nitrogens with zero attached hydrogens (tertiary/aromatic N) is 1. The van der Waals surface area contributed by atoms with Gasteiger partial charge in [-0.1, -0.05) is 13.8 Å². The molecule has 0 aromatic heterocycles. The molecule has 0 amide bonds. The molecule has 0 bridgehead atoms. The molecule has 0 saturated carbocycles. The molecule has 1 aliphatic rings. The van der Waals surface area contributed by atoms with E-state index in [1.54, 1.807) is 0 Å². The van der Waals surface area contributed by atoms with E-state index in [2.05, 4.69) is 37.6 Å². The lowest BCUT2D eigenvalue weighted by Crippen LogP contribution is -2.37. The largest absolute Gasteiger partial charge is 0.304 e. The zero-order valence-electron chi connectivity index (χ0n) is 6.42. The van der Waals surface area contributed by atoms with Crippen molar-refractivity contribution in [2.24, 2.45) is 0 Å². The first-order valence-electron chi connectivity index (χ1n) is 3.52. The molecular formula is C7H15NS. The molecule has 0 aliphatic carbocycles. The maximum atomic E-state index is 2.41. The second-order valence-electron chi connectivity index (χ2n) is 2.98. The topological polar surface area (TPSA) is 3.24 Å². The molecule has 9 heavy (non-hydrogen) atoms. The van der Waals surface area contributed by atoms with Crippen LogP contribution in [0.25, 0.3) is 0 Å². The number of thioether (sulfide) groups is 1. The Morgan fingerprint density at radius 2 is 1.67 bits per heavy atom. The standard InChI is InChI=1S/C7H15NS/c1-6-4-8(3)5-7(2)9-6/h6-7H,4-5H2,1-3H3. The number of rotatable bonds is 0. The summed E-state index contributed by atoms with van der Waals surface area (Å²) in [4.78, 5) is 2.41. The van der Waals surface area contributed by atoms with Crippen molar-refractivity contribution in [2.75, 3.05) is 20.1 Å². The molecule has 1 fully saturated rings. The molecule has 1 nitrogen and oxygen atoms in total. The Morgan fingerprint density at radius 1 is 1.22 bits per heavy atom. The van der Waals surface area contributed by atoms with Crippen molar-refractivity contribution in [3.63, 3.8) is 0 Å². The fraction of sp³-hybridized carbons (Fsp3) is 1.00. The van der Waals surface area contributed by atoms with Gasteiger partial charge in [-0.05, 0) is 7.05 Å². The lowest BCUT2D eigenvalue weighted by Gasteiger charge is -2.31. The second kappa shape index (κ2) is 2.93. The minimum absolute atomic E-state index is 0.832. The summed E-state index contributed by atoms with van der Waals surface area (Å²) in [6, 6.07) is 0. The third-order valence-corrected chi connectivity index (χ3v) is 2.83. The Hall–Kier alpha value is 0.310. The summed E-state index contributed by atoms with van der Waals surface area (Å²) >= 11 is 2.10. The molecule has 54 valence electrons. The smallest absolute Gasteiger partial charge is 0.0149 e. The van der Waals surface area contributed by atoms with Crippen LogP contribution in [0.4, 0.5) is 0 Å². The number of hydrogen-bond donors (Lipinski definition) is 0. The zero-order valence-corrected chi connectivity index (χ0v) is 7.24. The van der Waals surface area contributed by atoms with E-state index in [1.165, 1.54) is 13.1 Å². The van der Waals surface area contributed by atoms with Crippen LogP contribution in [0.5, 0.6) is 0 Å². The number of hydrogen-bond acceptors (Lipinski definition) is 2. The fourth-order valence-electron chi connectivity index (χ4n) is 1.44. The van der Waals surface area contributed by atoms with Gasteiger partial charge in [0.25, 0.3) is 0 Å². The van der Waals surface area contributed by atoms with Crippen LogP contribution in [0.15, 0.2) is 0 Å². The Balaban J connectivity index is 2.34. The average molecular weight is 145 g/mol. The summed E-state index contributed by atoms with van der Waals surface area (Å²) in [7, 11) is 2.20. The van der Waals surface area contributed by atoms with Crippen LogP contribution < -0.4 is 0 Å². The average Bonchev–Trinajstić information content (AvgIpc) is 1.59. The van der Waals surface area contributed by atoms with E-state index < -0.39 is 0 Å². The highest BCUT2D eigenvalue weighted by Crippen LogP contribution is 2.23. The highest BCUT2D eigenvalue weighted by atomic mass is 32.2. The van der Waals surface area contributed by atoms with Crippen molar-refractivity contribution in [2.45, 2.75) is 24.3 Å². The van der Waals surface area contributed by atoms with Crippen LogP contribution in [0.1, 0.15) is 13.8 Å². The molecule has 0 N–H and O–H groups in total. The highest BCUT2D eigenvalue weighted by Gasteiger charge is 2.18. The third kappa shape index (κ3) is 2.18. The SMILES string of the molecule is CC1CN(C)CC(C)S1. The normalized spacial score (nSPS) is 39.0. The first-order valence-corrected chi connectivity index (χ1v) is 4.47. The van der Waals surface area contributed by atoms with Gasteiger partial charge in [-0.15, -0.1) is 0 Å². The molecule has 1 heterocycles. The lowest BCUT2D eigenvalue weighted by molar-refractivity contribution is 0.330. The van der Waals surface area contributed by atoms with Crippen LogP contribution in [0, 0.1) is 0 Å². The molecule has 2 atom stereocenters. The van der Waals surface area contributed by atoms with Gasteiger partial charge in [0, 0.05) is 23.6 Å². The second-order valence-corrected chi connectivity index (χ2v) is 4.86. The fourth-order valence-corrected chi connectivity index (χ4v) is 2.91. The lowest BCUT2D eigenvalue weighted by atomic mass is 10.3. The van der Waals surface area contributed by atoms with E-state index in [-0.39, 0.29) is 0 Å². The Kier molecular flexibility index (Phi) is 2.42. The quantitative estimate of drug-likeness (QED) is 0.507. The summed E-state index contributed by atoms with van der Waals surface area (Å²) in [6.45, 7) is 7.12. The maximum Gasteiger partial charge on any atom is 0.0149 e. The summed E-state index contributed by atoms with van der Waals surface area (Å²) in [5.74, 6) is 0. The summed E-state index contributed by atoms with van der Waals surface area (Å²) < 4.78 is 0. The molecule has 1 rings (SSSR count). The predicted octanol–water partition coefficient (Wildman–Crippen LogP) is 1.44. The maximum absolute atomic E-state index is 2.41.